The Hall–Kier alpha value is -3.63. The van der Waals surface area contributed by atoms with E-state index in [-0.39, 0.29) is 30.4 Å². The molecule has 2 aromatic carbocycles. The molecule has 4 rings (SSSR count). The van der Waals surface area contributed by atoms with Gasteiger partial charge in [-0.25, -0.2) is 9.59 Å². The van der Waals surface area contributed by atoms with Crippen LogP contribution in [0.4, 0.5) is 4.79 Å². The number of hydrogen-bond acceptors (Lipinski definition) is 7. The van der Waals surface area contributed by atoms with E-state index >= 15 is 0 Å². The molecular weight excluding hydrogens is 598 g/mol. The fourth-order valence-electron chi connectivity index (χ4n) is 6.09. The van der Waals surface area contributed by atoms with Gasteiger partial charge in [0, 0.05) is 30.5 Å². The minimum Gasteiger partial charge on any atom is -0.465 e. The van der Waals surface area contributed by atoms with E-state index in [0.29, 0.717) is 23.4 Å². The lowest BCUT2D eigenvalue weighted by molar-refractivity contribution is -0.171. The summed E-state index contributed by atoms with van der Waals surface area (Å²) < 4.78 is 10.2. The highest BCUT2D eigenvalue weighted by Crippen LogP contribution is 2.44. The van der Waals surface area contributed by atoms with Gasteiger partial charge in [0.15, 0.2) is 0 Å². The lowest BCUT2D eigenvalue weighted by Gasteiger charge is -2.32. The Labute approximate surface area is 269 Å². The van der Waals surface area contributed by atoms with Crippen molar-refractivity contribution in [1.29, 1.82) is 0 Å². The fourth-order valence-corrected chi connectivity index (χ4v) is 6.31. The monoisotopic (exact) mass is 641 g/mol. The number of benzene rings is 2. The van der Waals surface area contributed by atoms with Gasteiger partial charge in [-0.15, -0.1) is 0 Å². The van der Waals surface area contributed by atoms with Gasteiger partial charge in [-0.3, -0.25) is 9.59 Å². The van der Waals surface area contributed by atoms with Crippen molar-refractivity contribution in [2.75, 3.05) is 14.2 Å². The Bertz CT molecular complexity index is 1330. The first kappa shape index (κ1) is 34.2. The molecule has 0 spiro atoms. The van der Waals surface area contributed by atoms with Crippen LogP contribution in [0.3, 0.4) is 0 Å². The van der Waals surface area contributed by atoms with Gasteiger partial charge in [-0.2, -0.15) is 0 Å². The van der Waals surface area contributed by atoms with Gasteiger partial charge in [0.1, 0.15) is 12.6 Å². The number of rotatable bonds is 14. The molecule has 0 bridgehead atoms. The number of amides is 3. The summed E-state index contributed by atoms with van der Waals surface area (Å²) in [5, 5.41) is 16.9. The molecule has 0 aromatic heterocycles. The SMILES string of the molecule is COC(=O)C(O)(CCC(=O)N(C)C1(Cc2ccccc2)CC1)NC(=O)[C@H](CC1CCCCC1)NC(=O)OCc1cccc(Cl)c1. The highest BCUT2D eigenvalue weighted by Gasteiger charge is 2.49. The van der Waals surface area contributed by atoms with E-state index in [9.17, 15) is 24.3 Å². The zero-order valence-electron chi connectivity index (χ0n) is 26.1. The van der Waals surface area contributed by atoms with Crippen LogP contribution in [0.15, 0.2) is 54.6 Å². The Morgan fingerprint density at radius 1 is 1.04 bits per heavy atom. The van der Waals surface area contributed by atoms with E-state index in [1.807, 2.05) is 30.3 Å². The Morgan fingerprint density at radius 3 is 2.38 bits per heavy atom. The van der Waals surface area contributed by atoms with Crippen molar-refractivity contribution in [1.82, 2.24) is 15.5 Å². The average Bonchev–Trinajstić information content (AvgIpc) is 3.82. The molecule has 11 heteroatoms. The highest BCUT2D eigenvalue weighted by molar-refractivity contribution is 6.30. The number of aliphatic hydroxyl groups is 1. The normalized spacial score (nSPS) is 17.7. The van der Waals surface area contributed by atoms with E-state index in [2.05, 4.69) is 10.6 Å². The molecule has 10 nitrogen and oxygen atoms in total. The third-order valence-electron chi connectivity index (χ3n) is 9.00. The lowest BCUT2D eigenvalue weighted by atomic mass is 9.84. The van der Waals surface area contributed by atoms with E-state index in [1.165, 1.54) is 0 Å². The van der Waals surface area contributed by atoms with Gasteiger partial charge in [0.25, 0.3) is 0 Å². The Morgan fingerprint density at radius 2 is 1.73 bits per heavy atom. The first-order chi connectivity index (χ1) is 21.5. The third-order valence-corrected chi connectivity index (χ3v) is 9.24. The molecule has 2 aliphatic carbocycles. The molecule has 0 aliphatic heterocycles. The number of methoxy groups -OCH3 is 1. The molecular formula is C34H44ClN3O7. The number of carbonyl (C=O) groups is 4. The van der Waals surface area contributed by atoms with Crippen LogP contribution >= 0.6 is 11.6 Å². The van der Waals surface area contributed by atoms with Crippen LogP contribution in [-0.2, 0) is 36.9 Å². The maximum absolute atomic E-state index is 13.6. The lowest BCUT2D eigenvalue weighted by Crippen LogP contribution is -2.60. The quantitative estimate of drug-likeness (QED) is 0.197. The van der Waals surface area contributed by atoms with Crippen molar-refractivity contribution in [2.45, 2.75) is 94.5 Å². The summed E-state index contributed by atoms with van der Waals surface area (Å²) in [5.41, 5.74) is -0.991. The summed E-state index contributed by atoms with van der Waals surface area (Å²) in [4.78, 5) is 54.1. The summed E-state index contributed by atoms with van der Waals surface area (Å²) in [6.45, 7) is -0.0579. The third kappa shape index (κ3) is 9.68. The Kier molecular flexibility index (Phi) is 11.9. The number of nitrogens with one attached hydrogen (secondary N) is 2. The predicted octanol–water partition coefficient (Wildman–Crippen LogP) is 4.90. The van der Waals surface area contributed by atoms with Crippen LogP contribution in [0, 0.1) is 5.92 Å². The second-order valence-corrected chi connectivity index (χ2v) is 12.8. The van der Waals surface area contributed by atoms with Gasteiger partial charge >= 0.3 is 12.1 Å². The molecule has 1 unspecified atom stereocenters. The second-order valence-electron chi connectivity index (χ2n) is 12.3. The van der Waals surface area contributed by atoms with Gasteiger partial charge in [-0.1, -0.05) is 86.2 Å². The van der Waals surface area contributed by atoms with Crippen molar-refractivity contribution in [2.24, 2.45) is 5.92 Å². The molecule has 3 amide bonds. The largest absolute Gasteiger partial charge is 0.465 e. The first-order valence-corrected chi connectivity index (χ1v) is 16.0. The van der Waals surface area contributed by atoms with Crippen molar-refractivity contribution in [3.63, 3.8) is 0 Å². The van der Waals surface area contributed by atoms with Crippen LogP contribution in [-0.4, -0.2) is 65.3 Å². The van der Waals surface area contributed by atoms with Gasteiger partial charge in [0.05, 0.1) is 7.11 Å². The number of ether oxygens (including phenoxy) is 2. The minimum absolute atomic E-state index is 0.0579. The summed E-state index contributed by atoms with van der Waals surface area (Å²) in [7, 11) is 2.82. The molecule has 2 atom stereocenters. The number of esters is 1. The van der Waals surface area contributed by atoms with Gasteiger partial charge in [-0.05, 0) is 54.9 Å². The molecule has 45 heavy (non-hydrogen) atoms. The van der Waals surface area contributed by atoms with Crippen LogP contribution in [0.5, 0.6) is 0 Å². The maximum atomic E-state index is 13.6. The van der Waals surface area contributed by atoms with E-state index in [0.717, 1.165) is 57.6 Å². The molecule has 2 aliphatic rings. The molecule has 0 heterocycles. The molecule has 0 radical (unpaired) electrons. The minimum atomic E-state index is -2.48. The summed E-state index contributed by atoms with van der Waals surface area (Å²) in [5.74, 6) is -1.96. The van der Waals surface area contributed by atoms with E-state index in [1.54, 1.807) is 36.2 Å². The zero-order valence-corrected chi connectivity index (χ0v) is 26.8. The summed E-state index contributed by atoms with van der Waals surface area (Å²) >= 11 is 6.02. The van der Waals surface area contributed by atoms with Crippen molar-refractivity contribution in [3.05, 3.63) is 70.7 Å². The number of carbonyl (C=O) groups excluding carboxylic acids is 4. The number of nitrogens with zero attached hydrogens (tertiary/aromatic N) is 1. The molecule has 244 valence electrons. The van der Waals surface area contributed by atoms with Crippen LogP contribution in [0.25, 0.3) is 0 Å². The second kappa shape index (κ2) is 15.6. The predicted molar refractivity (Wildman–Crippen MR) is 169 cm³/mol. The standard InChI is InChI=1S/C34H44ClN3O7/c1-38(33(18-19-33)22-25-12-7-4-8-13-25)29(39)16-17-34(43,31(41)44-2)37-30(40)28(21-24-10-5-3-6-11-24)36-32(42)45-23-26-14-9-15-27(35)20-26/h4,7-9,12-15,20,24,28,43H,3,5-6,10-11,16-19,21-23H2,1-2H3,(H,36,42)(H,37,40)/t28-,34?/m0/s1. The van der Waals surface area contributed by atoms with E-state index < -0.39 is 36.2 Å². The first-order valence-electron chi connectivity index (χ1n) is 15.6. The van der Waals surface area contributed by atoms with Crippen molar-refractivity contribution in [3.8, 4) is 0 Å². The van der Waals surface area contributed by atoms with Crippen LogP contribution in [0.2, 0.25) is 5.02 Å². The summed E-state index contributed by atoms with van der Waals surface area (Å²) in [6, 6.07) is 15.7. The Balaban J connectivity index is 1.40. The smallest absolute Gasteiger partial charge is 0.408 e. The molecule has 2 fully saturated rings. The number of hydrogen-bond donors (Lipinski definition) is 3. The van der Waals surface area contributed by atoms with Gasteiger partial charge < -0.3 is 30.1 Å². The molecule has 0 saturated heterocycles. The van der Waals surface area contributed by atoms with E-state index in [4.69, 9.17) is 21.1 Å². The number of likely N-dealkylation sites (N-methyl/N-ethyl adjacent to an activating group) is 1. The highest BCUT2D eigenvalue weighted by atomic mass is 35.5. The zero-order chi connectivity index (χ0) is 32.5. The van der Waals surface area contributed by atoms with Gasteiger partial charge in [0.2, 0.25) is 17.5 Å². The van der Waals surface area contributed by atoms with Crippen molar-refractivity contribution >= 4 is 35.5 Å². The molecule has 2 aromatic rings. The topological polar surface area (TPSA) is 134 Å². The number of halogens is 1. The van der Waals surface area contributed by atoms with Crippen LogP contribution < -0.4 is 10.6 Å². The fraction of sp³-hybridized carbons (Fsp3) is 0.529. The number of alkyl carbamates (subject to hydrolysis) is 1. The van der Waals surface area contributed by atoms with Crippen molar-refractivity contribution < 1.29 is 33.8 Å². The van der Waals surface area contributed by atoms with Crippen LogP contribution in [0.1, 0.15) is 75.3 Å². The molecule has 2 saturated carbocycles. The molecule has 3 N–H and O–H groups in total. The summed E-state index contributed by atoms with van der Waals surface area (Å²) in [6.07, 6.45) is 6.23. The average molecular weight is 642 g/mol. The maximum Gasteiger partial charge on any atom is 0.408 e.